The van der Waals surface area contributed by atoms with Crippen LogP contribution in [0.2, 0.25) is 0 Å². The van der Waals surface area contributed by atoms with Gasteiger partial charge in [0.1, 0.15) is 17.5 Å². The molecule has 0 atom stereocenters. The summed E-state index contributed by atoms with van der Waals surface area (Å²) in [7, 11) is 8.10. The number of hydrogen-bond acceptors (Lipinski definition) is 18. The van der Waals surface area contributed by atoms with Gasteiger partial charge in [0, 0.05) is 90.7 Å². The molecule has 654 valence electrons. The Morgan fingerprint density at radius 3 is 1.28 bits per heavy atom. The number of aryl methyl sites for hydroxylation is 7. The number of nitrogens with one attached hydrogen (secondary N) is 2. The molecule has 6 aromatic heterocycles. The molecule has 7 heterocycles. The third kappa shape index (κ3) is 31.3. The number of halogens is 1. The smallest absolute Gasteiger partial charge is 0.223 e. The lowest BCUT2D eigenvalue weighted by molar-refractivity contribution is 0.320. The van der Waals surface area contributed by atoms with Crippen LogP contribution in [0.1, 0.15) is 368 Å². The zero-order chi connectivity index (χ0) is 88.4. The molecule has 19 heteroatoms. The SMILES string of the molecule is C.Cc1ccc(Cc2c(C)nc(NC(C)C)nc2C(C)(C)C)cc1.Cc1nc(CN(C)C)nc(C(C)(C)C)c1-c1ccccc1.Cc1nc(CN(C)C)nc(C(C)(C)C)c1CCCF.Cc1nc(CN2CCCC2)nc(C(C)(C)C)c1C(C)C.Cc1nc(N)nc(C(C)(C)C)c1C(C)C.Cc1nc(NC2CCC2)nc(C(C)(C)C)c1C(C)C. The average molecular weight is 1620 g/mol. The van der Waals surface area contributed by atoms with Crippen LogP contribution in [-0.4, -0.2) is 135 Å². The van der Waals surface area contributed by atoms with Crippen LogP contribution < -0.4 is 16.4 Å². The molecule has 0 radical (unpaired) electrons. The molecule has 1 aliphatic carbocycles. The van der Waals surface area contributed by atoms with Crippen molar-refractivity contribution in [1.82, 2.24) is 74.5 Å². The van der Waals surface area contributed by atoms with Crippen molar-refractivity contribution in [3.8, 4) is 11.1 Å². The molecule has 4 N–H and O–H groups in total. The highest BCUT2D eigenvalue weighted by molar-refractivity contribution is 5.69. The first-order valence-corrected chi connectivity index (χ1v) is 43.3. The summed E-state index contributed by atoms with van der Waals surface area (Å²) in [6, 6.07) is 20.1. The molecule has 18 nitrogen and oxygen atoms in total. The van der Waals surface area contributed by atoms with Crippen molar-refractivity contribution in [2.75, 3.05) is 64.3 Å². The van der Waals surface area contributed by atoms with Crippen molar-refractivity contribution in [1.29, 1.82) is 0 Å². The molecule has 0 amide bonds. The maximum absolute atomic E-state index is 12.4. The molecule has 1 saturated heterocycles. The van der Waals surface area contributed by atoms with Crippen LogP contribution in [0.5, 0.6) is 0 Å². The summed E-state index contributed by atoms with van der Waals surface area (Å²) in [6.45, 7) is 76.1. The van der Waals surface area contributed by atoms with Crippen LogP contribution in [0.25, 0.3) is 11.1 Å². The lowest BCUT2D eigenvalue weighted by atomic mass is 9.84. The number of benzene rings is 2. The van der Waals surface area contributed by atoms with Gasteiger partial charge in [-0.3, -0.25) is 9.29 Å². The standard InChI is InChI=1S/C20H29N3.C18H25N3.C17H29N3.C16H27N3.C15H26FN3.C12H21N3.CH4/c1-13(2)21-19-22-15(4)17(18(23-19)20(5,6)7)12-16-10-8-14(3)9-11-16;1-13-16(14-10-8-7-9-11-14)17(18(2,3)4)20-15(19-13)12-21(5)6;1-12(2)15-13(3)18-14(11-20-9-7-8-10-20)19-16(15)17(4,5)6;1-10(2)13-11(3)17-15(18-12-8-7-9-12)19-14(13)16(4,5)6;1-11-12(8-7-9-16)14(15(2,3)4)18-13(17-11)10-19(5)6;1-7(2)9-8(3)14-11(13)15-10(9)12(4,5)6;/h8-11,13H,12H2,1-7H3,(H,21,22,23);7-11H,12H2,1-6H3;12H,7-11H2,1-6H3;10,12H,7-9H2,1-6H3,(H,17,18,19);7-10H2,1-6H3;7H,1-6H3,(H2,13,14,15);1H4. The second-order valence-corrected chi connectivity index (χ2v) is 40.6. The molecule has 0 unspecified atom stereocenters. The van der Waals surface area contributed by atoms with Crippen LogP contribution >= 0.6 is 0 Å². The van der Waals surface area contributed by atoms with E-state index in [0.29, 0.717) is 42.2 Å². The predicted octanol–water partition coefficient (Wildman–Crippen LogP) is 23.1. The molecule has 0 bridgehead atoms. The number of likely N-dealkylation sites (tertiary alicyclic amines) is 1. The van der Waals surface area contributed by atoms with Crippen molar-refractivity contribution in [2.24, 2.45) is 0 Å². The van der Waals surface area contributed by atoms with Gasteiger partial charge in [-0.05, 0) is 205 Å². The number of rotatable bonds is 19. The highest BCUT2D eigenvalue weighted by Gasteiger charge is 2.31. The molecule has 0 spiro atoms. The largest absolute Gasteiger partial charge is 0.368 e. The number of anilines is 3. The van der Waals surface area contributed by atoms with E-state index in [2.05, 4.69) is 313 Å². The van der Waals surface area contributed by atoms with Gasteiger partial charge < -0.3 is 26.2 Å². The van der Waals surface area contributed by atoms with E-state index in [1.165, 1.54) is 101 Å². The predicted molar refractivity (Wildman–Crippen MR) is 499 cm³/mol. The Labute approximate surface area is 716 Å². The van der Waals surface area contributed by atoms with Crippen molar-refractivity contribution >= 4 is 17.8 Å². The Balaban J connectivity index is 0.000000298. The number of nitrogens with two attached hydrogens (primary N) is 1. The lowest BCUT2D eigenvalue weighted by Gasteiger charge is -2.29. The van der Waals surface area contributed by atoms with E-state index >= 15 is 0 Å². The molecule has 2 aromatic carbocycles. The maximum Gasteiger partial charge on any atom is 0.223 e. The van der Waals surface area contributed by atoms with E-state index < -0.39 is 0 Å². The normalized spacial score (nSPS) is 13.5. The fourth-order valence-corrected chi connectivity index (χ4v) is 14.9. The van der Waals surface area contributed by atoms with Crippen molar-refractivity contribution in [2.45, 2.75) is 369 Å². The summed E-state index contributed by atoms with van der Waals surface area (Å²) in [6.07, 6.45) is 8.59. The fourth-order valence-electron chi connectivity index (χ4n) is 14.9. The van der Waals surface area contributed by atoms with Gasteiger partial charge in [0.05, 0.1) is 60.5 Å². The van der Waals surface area contributed by atoms with Gasteiger partial charge in [-0.1, -0.05) is 234 Å². The summed E-state index contributed by atoms with van der Waals surface area (Å²) in [5.41, 5.74) is 30.2. The summed E-state index contributed by atoms with van der Waals surface area (Å²) < 4.78 is 12.4. The number of alkyl halides is 1. The molecule has 1 aliphatic heterocycles. The Morgan fingerprint density at radius 2 is 0.839 bits per heavy atom. The topological polar surface area (TPSA) is 214 Å². The first kappa shape index (κ1) is 102. The van der Waals surface area contributed by atoms with E-state index in [1.54, 1.807) is 0 Å². The molecule has 1 saturated carbocycles. The molecule has 10 rings (SSSR count). The van der Waals surface area contributed by atoms with Crippen LogP contribution in [-0.2, 0) is 65.0 Å². The second-order valence-electron chi connectivity index (χ2n) is 40.6. The van der Waals surface area contributed by atoms with Crippen molar-refractivity contribution < 1.29 is 4.39 Å². The third-order valence-corrected chi connectivity index (χ3v) is 20.5. The Hall–Kier alpha value is -7.87. The van der Waals surface area contributed by atoms with Crippen LogP contribution in [0.3, 0.4) is 0 Å². The molecule has 8 aromatic rings. The number of hydrogen-bond donors (Lipinski definition) is 3. The van der Waals surface area contributed by atoms with E-state index in [4.69, 9.17) is 40.6 Å². The molecule has 118 heavy (non-hydrogen) atoms. The van der Waals surface area contributed by atoms with Crippen molar-refractivity contribution in [3.63, 3.8) is 0 Å². The third-order valence-electron chi connectivity index (χ3n) is 20.5. The summed E-state index contributed by atoms with van der Waals surface area (Å²) in [5.74, 6) is 6.03. The minimum Gasteiger partial charge on any atom is -0.368 e. The van der Waals surface area contributed by atoms with Crippen LogP contribution in [0.15, 0.2) is 54.6 Å². The van der Waals surface area contributed by atoms with Gasteiger partial charge in [0.15, 0.2) is 0 Å². The van der Waals surface area contributed by atoms with Gasteiger partial charge in [0.25, 0.3) is 0 Å². The molecule has 2 fully saturated rings. The molecular formula is C99H161FN18. The number of nitrogen functional groups attached to an aromatic ring is 1. The van der Waals surface area contributed by atoms with Gasteiger partial charge in [-0.25, -0.2) is 59.8 Å². The maximum atomic E-state index is 12.4. The Bertz CT molecular complexity index is 4430. The van der Waals surface area contributed by atoms with E-state index in [0.717, 1.165) is 124 Å². The van der Waals surface area contributed by atoms with Gasteiger partial charge in [-0.2, -0.15) is 0 Å². The quantitative estimate of drug-likeness (QED) is 0.0686. The van der Waals surface area contributed by atoms with Crippen LogP contribution in [0, 0.1) is 48.5 Å². The van der Waals surface area contributed by atoms with E-state index in [1.807, 2.05) is 48.1 Å². The van der Waals surface area contributed by atoms with Crippen molar-refractivity contribution in [3.05, 3.63) is 179 Å². The zero-order valence-electron chi connectivity index (χ0n) is 80.1. The summed E-state index contributed by atoms with van der Waals surface area (Å²) in [4.78, 5) is 62.8. The fraction of sp³-hybridized carbons (Fsp3) is 0.636. The average Bonchev–Trinajstić information content (AvgIpc) is 1.12. The minimum absolute atomic E-state index is 0. The highest BCUT2D eigenvalue weighted by Crippen LogP contribution is 2.38. The Morgan fingerprint density at radius 1 is 0.441 bits per heavy atom. The molecular weight excluding hydrogens is 1460 g/mol. The lowest BCUT2D eigenvalue weighted by Crippen LogP contribution is -2.29. The van der Waals surface area contributed by atoms with E-state index in [9.17, 15) is 4.39 Å². The molecule has 2 aliphatic rings. The highest BCUT2D eigenvalue weighted by atomic mass is 19.1. The van der Waals surface area contributed by atoms with Gasteiger partial charge >= 0.3 is 0 Å². The zero-order valence-corrected chi connectivity index (χ0v) is 80.1. The first-order valence-electron chi connectivity index (χ1n) is 43.3. The van der Waals surface area contributed by atoms with Crippen LogP contribution in [0.4, 0.5) is 22.2 Å². The number of nitrogens with zero attached hydrogens (tertiary/aromatic N) is 15. The Kier molecular flexibility index (Phi) is 38.3. The van der Waals surface area contributed by atoms with E-state index in [-0.39, 0.29) is 46.6 Å². The first-order chi connectivity index (χ1) is 54.0. The summed E-state index contributed by atoms with van der Waals surface area (Å²) in [5, 5.41) is 6.81. The second kappa shape index (κ2) is 44.1. The minimum atomic E-state index is -0.289. The van der Waals surface area contributed by atoms with Gasteiger partial charge in [-0.15, -0.1) is 0 Å². The van der Waals surface area contributed by atoms with Gasteiger partial charge in [0.2, 0.25) is 17.8 Å². The monoisotopic (exact) mass is 1620 g/mol. The summed E-state index contributed by atoms with van der Waals surface area (Å²) >= 11 is 0. The number of aromatic nitrogens is 12.